The van der Waals surface area contributed by atoms with Crippen LogP contribution < -0.4 is 0 Å². The van der Waals surface area contributed by atoms with Crippen molar-refractivity contribution in [2.24, 2.45) is 23.7 Å². The summed E-state index contributed by atoms with van der Waals surface area (Å²) in [7, 11) is 0. The first-order valence-corrected chi connectivity index (χ1v) is 8.41. The molecule has 5 rings (SSSR count). The van der Waals surface area contributed by atoms with Crippen molar-refractivity contribution in [3.63, 3.8) is 0 Å². The molecule has 4 aliphatic carbocycles. The van der Waals surface area contributed by atoms with Crippen molar-refractivity contribution in [1.82, 2.24) is 0 Å². The Morgan fingerprint density at radius 3 is 2.09 bits per heavy atom. The third kappa shape index (κ3) is 2.50. The first-order chi connectivity index (χ1) is 10.7. The van der Waals surface area contributed by atoms with Gasteiger partial charge in [-0.1, -0.05) is 0 Å². The van der Waals surface area contributed by atoms with Crippen LogP contribution in [0.5, 0.6) is 0 Å². The Hall–Kier alpha value is -0.400. The van der Waals surface area contributed by atoms with Crippen LogP contribution in [0.3, 0.4) is 0 Å². The minimum Gasteiger partial charge on any atom is -0.347 e. The summed E-state index contributed by atoms with van der Waals surface area (Å²) in [4.78, 5) is 0. The van der Waals surface area contributed by atoms with E-state index in [2.05, 4.69) is 4.74 Å². The van der Waals surface area contributed by atoms with E-state index in [1.807, 2.05) is 0 Å². The van der Waals surface area contributed by atoms with Gasteiger partial charge in [-0.2, -0.15) is 17.6 Å². The molecule has 0 aromatic heterocycles. The molecule has 1 spiro atoms. The highest BCUT2D eigenvalue weighted by molar-refractivity contribution is 5.05. The normalized spacial score (nSPS) is 46.0. The number of alkyl halides is 4. The maximum Gasteiger partial charge on any atom is 0.419 e. The van der Waals surface area contributed by atoms with Crippen LogP contribution in [-0.2, 0) is 14.2 Å². The van der Waals surface area contributed by atoms with E-state index in [1.54, 1.807) is 0 Å². The second kappa shape index (κ2) is 5.05. The Kier molecular flexibility index (Phi) is 3.53. The van der Waals surface area contributed by atoms with E-state index in [9.17, 15) is 17.6 Å². The molecule has 7 heteroatoms. The van der Waals surface area contributed by atoms with Crippen LogP contribution in [0.25, 0.3) is 0 Å². The minimum absolute atomic E-state index is 0.133. The van der Waals surface area contributed by atoms with E-state index in [1.165, 1.54) is 6.42 Å². The lowest BCUT2D eigenvalue weighted by molar-refractivity contribution is -0.350. The summed E-state index contributed by atoms with van der Waals surface area (Å²) in [6, 6.07) is 0. The minimum atomic E-state index is -4.49. The zero-order valence-corrected chi connectivity index (χ0v) is 13.1. The van der Waals surface area contributed by atoms with Gasteiger partial charge in [0.2, 0.25) is 0 Å². The van der Waals surface area contributed by atoms with E-state index in [4.69, 9.17) is 9.47 Å². The van der Waals surface area contributed by atoms with Crippen molar-refractivity contribution in [3.8, 4) is 0 Å². The molecule has 1 aliphatic heterocycles. The van der Waals surface area contributed by atoms with Crippen LogP contribution in [0, 0.1) is 23.7 Å². The zero-order valence-electron chi connectivity index (χ0n) is 13.1. The lowest BCUT2D eigenvalue weighted by Crippen LogP contribution is -2.58. The lowest BCUT2D eigenvalue weighted by Gasteiger charge is -2.58. The third-order valence-corrected chi connectivity index (χ3v) is 6.08. The highest BCUT2D eigenvalue weighted by Gasteiger charge is 2.62. The number of hydrogen-bond acceptors (Lipinski definition) is 3. The molecule has 1 unspecified atom stereocenters. The average Bonchev–Trinajstić information content (AvgIpc) is 2.86. The van der Waals surface area contributed by atoms with Gasteiger partial charge in [0.05, 0.1) is 13.2 Å². The summed E-state index contributed by atoms with van der Waals surface area (Å²) in [5.41, 5.74) is 0. The second-order valence-corrected chi connectivity index (χ2v) is 7.79. The van der Waals surface area contributed by atoms with Gasteiger partial charge in [0, 0.05) is 18.8 Å². The van der Waals surface area contributed by atoms with E-state index in [0.29, 0.717) is 11.8 Å². The summed E-state index contributed by atoms with van der Waals surface area (Å²) in [5, 5.41) is 0. The lowest BCUT2D eigenvalue weighted by atomic mass is 9.53. The fraction of sp³-hybridized carbons (Fsp3) is 1.00. The van der Waals surface area contributed by atoms with Crippen molar-refractivity contribution < 1.29 is 31.8 Å². The van der Waals surface area contributed by atoms with Gasteiger partial charge < -0.3 is 14.2 Å². The van der Waals surface area contributed by atoms with Crippen molar-refractivity contribution >= 4 is 0 Å². The number of rotatable bonds is 4. The molecule has 5 fully saturated rings. The molecule has 0 radical (unpaired) electrons. The van der Waals surface area contributed by atoms with E-state index in [-0.39, 0.29) is 13.5 Å². The molecule has 0 aromatic rings. The molecule has 1 saturated heterocycles. The fourth-order valence-corrected chi connectivity index (χ4v) is 5.23. The molecule has 0 amide bonds. The SMILES string of the molecule is CC(F)(F)C(F)(F)OCC1COC2(O1)C1CC3CC(C1)CC2C3. The van der Waals surface area contributed by atoms with Crippen LogP contribution in [0.15, 0.2) is 0 Å². The van der Waals surface area contributed by atoms with Gasteiger partial charge in [-0.25, -0.2) is 0 Å². The highest BCUT2D eigenvalue weighted by Crippen LogP contribution is 2.61. The second-order valence-electron chi connectivity index (χ2n) is 7.79. The number of hydrogen-bond donors (Lipinski definition) is 0. The Labute approximate surface area is 132 Å². The summed E-state index contributed by atoms with van der Waals surface area (Å²) >= 11 is 0. The van der Waals surface area contributed by atoms with E-state index < -0.39 is 30.5 Å². The quantitative estimate of drug-likeness (QED) is 0.730. The Morgan fingerprint density at radius 1 is 1.00 bits per heavy atom. The molecular weight excluding hydrogens is 316 g/mol. The van der Waals surface area contributed by atoms with E-state index >= 15 is 0 Å². The number of ether oxygens (including phenoxy) is 3. The largest absolute Gasteiger partial charge is 0.419 e. The van der Waals surface area contributed by atoms with Crippen LogP contribution in [0.2, 0.25) is 0 Å². The van der Waals surface area contributed by atoms with Gasteiger partial charge in [-0.05, 0) is 43.9 Å². The molecule has 4 saturated carbocycles. The van der Waals surface area contributed by atoms with Crippen molar-refractivity contribution in [2.75, 3.05) is 13.2 Å². The predicted molar refractivity (Wildman–Crippen MR) is 72.1 cm³/mol. The standard InChI is InChI=1S/C16H22F4O3/c1-14(17,18)16(19,20)22-8-13-7-21-15(23-13)11-3-9-2-10(5-11)6-12(15)4-9/h9-13H,2-8H2,1H3. The monoisotopic (exact) mass is 338 g/mol. The Bertz CT molecular complexity index is 448. The Morgan fingerprint density at radius 2 is 1.57 bits per heavy atom. The molecule has 1 heterocycles. The smallest absolute Gasteiger partial charge is 0.347 e. The van der Waals surface area contributed by atoms with Gasteiger partial charge in [0.1, 0.15) is 6.10 Å². The predicted octanol–water partition coefficient (Wildman–Crippen LogP) is 3.82. The average molecular weight is 338 g/mol. The molecule has 3 nitrogen and oxygen atoms in total. The molecule has 5 aliphatic rings. The van der Waals surface area contributed by atoms with Crippen molar-refractivity contribution in [2.45, 2.75) is 63.0 Å². The number of halogens is 4. The van der Waals surface area contributed by atoms with Crippen LogP contribution >= 0.6 is 0 Å². The summed E-state index contributed by atoms with van der Waals surface area (Å²) < 4.78 is 68.2. The molecule has 132 valence electrons. The topological polar surface area (TPSA) is 27.7 Å². The van der Waals surface area contributed by atoms with Gasteiger partial charge in [0.15, 0.2) is 5.79 Å². The van der Waals surface area contributed by atoms with Crippen LogP contribution in [0.4, 0.5) is 17.6 Å². The summed E-state index contributed by atoms with van der Waals surface area (Å²) in [6.45, 7) is -0.295. The molecule has 23 heavy (non-hydrogen) atoms. The fourth-order valence-electron chi connectivity index (χ4n) is 5.23. The maximum absolute atomic E-state index is 13.2. The first-order valence-electron chi connectivity index (χ1n) is 8.41. The molecule has 1 atom stereocenters. The first kappa shape index (κ1) is 16.1. The van der Waals surface area contributed by atoms with Gasteiger partial charge in [-0.15, -0.1) is 0 Å². The third-order valence-electron chi connectivity index (χ3n) is 6.08. The van der Waals surface area contributed by atoms with Gasteiger partial charge in [-0.3, -0.25) is 0 Å². The Balaban J connectivity index is 1.40. The molecule has 4 bridgehead atoms. The van der Waals surface area contributed by atoms with Crippen molar-refractivity contribution in [1.29, 1.82) is 0 Å². The summed E-state index contributed by atoms with van der Waals surface area (Å²) in [6.07, 6.45) is 0.325. The van der Waals surface area contributed by atoms with Crippen molar-refractivity contribution in [3.05, 3.63) is 0 Å². The van der Waals surface area contributed by atoms with Crippen LogP contribution in [0.1, 0.15) is 39.0 Å². The van der Waals surface area contributed by atoms with Gasteiger partial charge in [0.25, 0.3) is 0 Å². The summed E-state index contributed by atoms with van der Waals surface area (Å²) in [5.74, 6) is -2.84. The molecule has 0 aromatic carbocycles. The zero-order chi connectivity index (χ0) is 16.5. The maximum atomic E-state index is 13.2. The van der Waals surface area contributed by atoms with Crippen LogP contribution in [-0.4, -0.2) is 37.1 Å². The molecular formula is C16H22F4O3. The van der Waals surface area contributed by atoms with Gasteiger partial charge >= 0.3 is 12.0 Å². The van der Waals surface area contributed by atoms with E-state index in [0.717, 1.165) is 37.5 Å². The highest BCUT2D eigenvalue weighted by atomic mass is 19.3. The molecule has 0 N–H and O–H groups in total.